The van der Waals surface area contributed by atoms with Crippen LogP contribution in [0.4, 0.5) is 5.69 Å². The van der Waals surface area contributed by atoms with Crippen LogP contribution in [0.15, 0.2) is 18.2 Å². The molecule has 2 bridgehead atoms. The predicted octanol–water partition coefficient (Wildman–Crippen LogP) is 1.32. The molecule has 3 N–H and O–H groups in total. The van der Waals surface area contributed by atoms with Gasteiger partial charge in [-0.2, -0.15) is 0 Å². The summed E-state index contributed by atoms with van der Waals surface area (Å²) in [6.45, 7) is 1.56. The fraction of sp³-hybridized carbons (Fsp3) is 0.560. The Morgan fingerprint density at radius 2 is 1.92 bits per heavy atom. The van der Waals surface area contributed by atoms with Gasteiger partial charge >= 0.3 is 5.97 Å². The number of nitrogens with zero attached hydrogens (tertiary/aromatic N) is 1. The van der Waals surface area contributed by atoms with Crippen LogP contribution in [0.3, 0.4) is 0 Å². The van der Waals surface area contributed by atoms with E-state index in [-0.39, 0.29) is 41.4 Å². The molecule has 1 aromatic carbocycles. The van der Waals surface area contributed by atoms with Crippen molar-refractivity contribution < 1.29 is 38.6 Å². The molecule has 2 heterocycles. The number of anilines is 1. The van der Waals surface area contributed by atoms with Crippen LogP contribution in [0.25, 0.3) is 0 Å². The molecule has 3 aliphatic carbocycles. The number of carboxylic acid groups (broad SMARTS) is 1. The molecular formula is C25H29N3O8. The van der Waals surface area contributed by atoms with E-state index in [9.17, 15) is 24.0 Å². The Morgan fingerprint density at radius 1 is 1.11 bits per heavy atom. The molecule has 192 valence electrons. The van der Waals surface area contributed by atoms with Crippen molar-refractivity contribution in [2.75, 3.05) is 31.7 Å². The summed E-state index contributed by atoms with van der Waals surface area (Å²) in [6, 6.07) is 3.91. The van der Waals surface area contributed by atoms with E-state index >= 15 is 0 Å². The number of carbonyl (C=O) groups excluding carboxylic acids is 4. The topological polar surface area (TPSA) is 151 Å². The van der Waals surface area contributed by atoms with Gasteiger partial charge in [0.2, 0.25) is 11.8 Å². The number of nitrogens with one attached hydrogen (secondary N) is 2. The van der Waals surface area contributed by atoms with Crippen molar-refractivity contribution in [3.63, 3.8) is 0 Å². The molecule has 0 spiro atoms. The van der Waals surface area contributed by atoms with E-state index < -0.39 is 35.6 Å². The van der Waals surface area contributed by atoms with E-state index in [1.54, 1.807) is 18.2 Å². The lowest BCUT2D eigenvalue weighted by Crippen LogP contribution is -2.54. The fourth-order valence-corrected chi connectivity index (χ4v) is 6.21. The van der Waals surface area contributed by atoms with Gasteiger partial charge in [-0.1, -0.05) is 6.07 Å². The van der Waals surface area contributed by atoms with E-state index in [2.05, 4.69) is 10.6 Å². The molecule has 0 aromatic heterocycles. The van der Waals surface area contributed by atoms with Crippen LogP contribution < -0.4 is 10.6 Å². The Kier molecular flexibility index (Phi) is 6.29. The van der Waals surface area contributed by atoms with Crippen molar-refractivity contribution in [1.29, 1.82) is 0 Å². The molecule has 11 nitrogen and oxygen atoms in total. The summed E-state index contributed by atoms with van der Waals surface area (Å²) in [7, 11) is 0. The van der Waals surface area contributed by atoms with Gasteiger partial charge in [-0.05, 0) is 49.7 Å². The molecule has 6 rings (SSSR count). The van der Waals surface area contributed by atoms with Crippen molar-refractivity contribution in [3.8, 4) is 0 Å². The maximum absolute atomic E-state index is 13.1. The number of ether oxygens (including phenoxy) is 2. The maximum atomic E-state index is 13.1. The van der Waals surface area contributed by atoms with E-state index in [4.69, 9.17) is 14.6 Å². The molecule has 4 fully saturated rings. The summed E-state index contributed by atoms with van der Waals surface area (Å²) in [5.41, 5.74) is 0.641. The summed E-state index contributed by atoms with van der Waals surface area (Å²) in [5.74, 6) is -2.91. The second kappa shape index (κ2) is 9.29. The fourth-order valence-electron chi connectivity index (χ4n) is 6.21. The van der Waals surface area contributed by atoms with E-state index in [1.165, 1.54) is 0 Å². The Labute approximate surface area is 207 Å². The number of amides is 4. The lowest BCUT2D eigenvalue weighted by molar-refractivity contribution is -0.153. The molecule has 1 aromatic rings. The molecule has 2 aliphatic heterocycles. The molecule has 5 aliphatic rings. The van der Waals surface area contributed by atoms with Crippen LogP contribution in [-0.4, -0.2) is 77.6 Å². The number of carbonyl (C=O) groups is 5. The minimum absolute atomic E-state index is 0.0697. The zero-order valence-corrected chi connectivity index (χ0v) is 19.8. The number of imide groups is 2. The maximum Gasteiger partial charge on any atom is 0.303 e. The van der Waals surface area contributed by atoms with Crippen LogP contribution in [-0.2, 0) is 23.9 Å². The average Bonchev–Trinajstić information content (AvgIpc) is 3.41. The van der Waals surface area contributed by atoms with Gasteiger partial charge < -0.3 is 19.9 Å². The Hall–Kier alpha value is -3.31. The zero-order chi connectivity index (χ0) is 25.5. The Bertz CT molecular complexity index is 1130. The largest absolute Gasteiger partial charge is 0.481 e. The van der Waals surface area contributed by atoms with Crippen molar-refractivity contribution in [2.24, 2.45) is 5.41 Å². The van der Waals surface area contributed by atoms with Crippen LogP contribution in [0.2, 0.25) is 0 Å². The first-order chi connectivity index (χ1) is 17.2. The van der Waals surface area contributed by atoms with Gasteiger partial charge in [-0.3, -0.25) is 34.2 Å². The molecule has 1 unspecified atom stereocenters. The van der Waals surface area contributed by atoms with Gasteiger partial charge in [0.15, 0.2) is 0 Å². The monoisotopic (exact) mass is 499 g/mol. The molecule has 4 amide bonds. The summed E-state index contributed by atoms with van der Waals surface area (Å²) in [5, 5.41) is 14.4. The third-order valence-electron chi connectivity index (χ3n) is 7.70. The molecule has 3 saturated carbocycles. The van der Waals surface area contributed by atoms with Gasteiger partial charge in [0.25, 0.3) is 11.8 Å². The molecule has 1 saturated heterocycles. The van der Waals surface area contributed by atoms with Crippen LogP contribution in [0.5, 0.6) is 0 Å². The zero-order valence-electron chi connectivity index (χ0n) is 19.8. The van der Waals surface area contributed by atoms with Gasteiger partial charge in [-0.15, -0.1) is 0 Å². The van der Waals surface area contributed by atoms with E-state index in [0.717, 1.165) is 30.6 Å². The standard InChI is InChI=1S/C25H29N3O8/c29-18-5-4-17(21(32)27-18)28-22(33)15-2-1-3-16(20(15)23(28)34)26-8-9-35-10-11-36-25-7-6-24(13-25,14-25)12-19(30)31/h1-3,17,26H,4-14H2,(H,30,31)(H,27,29,32). The number of fused-ring (bicyclic) bond motifs is 2. The third-order valence-corrected chi connectivity index (χ3v) is 7.70. The molecular weight excluding hydrogens is 470 g/mol. The average molecular weight is 500 g/mol. The minimum Gasteiger partial charge on any atom is -0.481 e. The Morgan fingerprint density at radius 3 is 2.67 bits per heavy atom. The minimum atomic E-state index is -1.00. The van der Waals surface area contributed by atoms with Crippen molar-refractivity contribution >= 4 is 35.3 Å². The highest BCUT2D eigenvalue weighted by molar-refractivity contribution is 6.25. The van der Waals surface area contributed by atoms with Crippen LogP contribution in [0.1, 0.15) is 65.7 Å². The van der Waals surface area contributed by atoms with Crippen LogP contribution >= 0.6 is 0 Å². The highest BCUT2D eigenvalue weighted by atomic mass is 16.5. The highest BCUT2D eigenvalue weighted by Gasteiger charge is 2.62. The molecule has 0 radical (unpaired) electrons. The van der Waals surface area contributed by atoms with Crippen molar-refractivity contribution in [3.05, 3.63) is 29.3 Å². The molecule has 36 heavy (non-hydrogen) atoms. The predicted molar refractivity (Wildman–Crippen MR) is 124 cm³/mol. The molecule has 11 heteroatoms. The van der Waals surface area contributed by atoms with E-state index in [0.29, 0.717) is 32.1 Å². The van der Waals surface area contributed by atoms with E-state index in [1.807, 2.05) is 0 Å². The number of benzene rings is 1. The third kappa shape index (κ3) is 4.37. The second-order valence-electron chi connectivity index (χ2n) is 10.2. The number of hydrogen-bond acceptors (Lipinski definition) is 8. The molecule has 1 atom stereocenters. The first kappa shape index (κ1) is 24.4. The SMILES string of the molecule is O=C(O)CC12CCC(OCCOCCNc3cccc4c3C(=O)N(C3CCC(=O)NC3=O)C4=O)(C1)C2. The second-order valence-corrected chi connectivity index (χ2v) is 10.2. The smallest absolute Gasteiger partial charge is 0.303 e. The summed E-state index contributed by atoms with van der Waals surface area (Å²) in [4.78, 5) is 61.6. The lowest BCUT2D eigenvalue weighted by atomic mass is 9.65. The first-order valence-electron chi connectivity index (χ1n) is 12.2. The summed E-state index contributed by atoms with van der Waals surface area (Å²) < 4.78 is 11.7. The Balaban J connectivity index is 1.08. The van der Waals surface area contributed by atoms with Crippen LogP contribution in [0, 0.1) is 5.41 Å². The van der Waals surface area contributed by atoms with Gasteiger partial charge in [0.05, 0.1) is 43.0 Å². The highest BCUT2D eigenvalue weighted by Crippen LogP contribution is 2.64. The first-order valence-corrected chi connectivity index (χ1v) is 12.2. The summed E-state index contributed by atoms with van der Waals surface area (Å²) >= 11 is 0. The lowest BCUT2D eigenvalue weighted by Gasteiger charge is -2.46. The number of aliphatic carboxylic acids is 1. The quantitative estimate of drug-likeness (QED) is 0.302. The van der Waals surface area contributed by atoms with Gasteiger partial charge in [0, 0.05) is 18.7 Å². The number of piperidine rings is 1. The number of rotatable bonds is 11. The van der Waals surface area contributed by atoms with Gasteiger partial charge in [0.1, 0.15) is 6.04 Å². The van der Waals surface area contributed by atoms with Crippen molar-refractivity contribution in [1.82, 2.24) is 10.2 Å². The van der Waals surface area contributed by atoms with Gasteiger partial charge in [-0.25, -0.2) is 0 Å². The number of hydrogen-bond donors (Lipinski definition) is 3. The summed E-state index contributed by atoms with van der Waals surface area (Å²) in [6.07, 6.45) is 3.78. The normalized spacial score (nSPS) is 28.7. The number of carboxylic acids is 1. The van der Waals surface area contributed by atoms with Crippen molar-refractivity contribution in [2.45, 2.75) is 56.6 Å².